The first-order chi connectivity index (χ1) is 11.2. The number of nitrogen functional groups attached to an aromatic ring is 1. The van der Waals surface area contributed by atoms with Crippen LogP contribution in [0, 0.1) is 0 Å². The van der Waals surface area contributed by atoms with Gasteiger partial charge >= 0.3 is 0 Å². The number of tetrazole rings is 1. The molecule has 1 aliphatic heterocycles. The second-order valence-corrected chi connectivity index (χ2v) is 6.47. The van der Waals surface area contributed by atoms with E-state index in [0.717, 1.165) is 56.1 Å². The van der Waals surface area contributed by atoms with Crippen molar-refractivity contribution in [1.29, 1.82) is 0 Å². The smallest absolute Gasteiger partial charge is 0.222 e. The van der Waals surface area contributed by atoms with Gasteiger partial charge < -0.3 is 16.4 Å². The molecule has 1 saturated heterocycles. The molecule has 1 saturated carbocycles. The van der Waals surface area contributed by atoms with Gasteiger partial charge in [-0.05, 0) is 25.7 Å². The van der Waals surface area contributed by atoms with Crippen LogP contribution in [0.5, 0.6) is 0 Å². The van der Waals surface area contributed by atoms with Crippen molar-refractivity contribution in [2.75, 3.05) is 23.7 Å². The lowest BCUT2D eigenvalue weighted by Gasteiger charge is -2.34. The lowest BCUT2D eigenvalue weighted by molar-refractivity contribution is 0.345. The molecular formula is C14H21N9. The molecule has 9 nitrogen and oxygen atoms in total. The number of hydrogen-bond donors (Lipinski definition) is 3. The summed E-state index contributed by atoms with van der Waals surface area (Å²) in [5, 5.41) is 14.3. The second-order valence-electron chi connectivity index (χ2n) is 6.47. The molecule has 3 heterocycles. The first-order valence-corrected chi connectivity index (χ1v) is 8.07. The third kappa shape index (κ3) is 2.83. The number of piperidine rings is 1. The lowest BCUT2D eigenvalue weighted by Crippen LogP contribution is -2.36. The van der Waals surface area contributed by atoms with Crippen molar-refractivity contribution in [1.82, 2.24) is 30.6 Å². The molecule has 5 N–H and O–H groups in total. The molecule has 0 atom stereocenters. The van der Waals surface area contributed by atoms with E-state index < -0.39 is 0 Å². The van der Waals surface area contributed by atoms with Gasteiger partial charge in [0.05, 0.1) is 5.69 Å². The van der Waals surface area contributed by atoms with E-state index in [4.69, 9.17) is 11.5 Å². The molecule has 1 aliphatic carbocycles. The molecule has 0 unspecified atom stereocenters. The van der Waals surface area contributed by atoms with Crippen LogP contribution in [0.2, 0.25) is 0 Å². The van der Waals surface area contributed by atoms with Crippen molar-refractivity contribution >= 4 is 11.8 Å². The maximum Gasteiger partial charge on any atom is 0.222 e. The van der Waals surface area contributed by atoms with Gasteiger partial charge in [0.25, 0.3) is 0 Å². The summed E-state index contributed by atoms with van der Waals surface area (Å²) >= 11 is 0. The molecule has 0 radical (unpaired) electrons. The maximum absolute atomic E-state index is 5.91. The number of nitrogens with two attached hydrogens (primary N) is 2. The summed E-state index contributed by atoms with van der Waals surface area (Å²) in [6.45, 7) is 1.80. The third-order valence-corrected chi connectivity index (χ3v) is 4.89. The number of anilines is 2. The van der Waals surface area contributed by atoms with Gasteiger partial charge in [-0.15, -0.1) is 10.2 Å². The zero-order chi connectivity index (χ0) is 15.8. The van der Waals surface area contributed by atoms with E-state index in [0.29, 0.717) is 23.8 Å². The van der Waals surface area contributed by atoms with Crippen molar-refractivity contribution in [2.45, 2.75) is 43.6 Å². The highest BCUT2D eigenvalue weighted by Crippen LogP contribution is 2.36. The van der Waals surface area contributed by atoms with E-state index in [9.17, 15) is 0 Å². The largest absolute Gasteiger partial charge is 0.368 e. The van der Waals surface area contributed by atoms with Gasteiger partial charge in [-0.2, -0.15) is 10.2 Å². The van der Waals surface area contributed by atoms with Gasteiger partial charge in [-0.1, -0.05) is 5.21 Å². The van der Waals surface area contributed by atoms with Gasteiger partial charge in [0.1, 0.15) is 5.82 Å². The zero-order valence-electron chi connectivity index (χ0n) is 12.9. The average Bonchev–Trinajstić information content (AvgIpc) is 3.06. The first-order valence-electron chi connectivity index (χ1n) is 8.07. The Kier molecular flexibility index (Phi) is 3.56. The number of aromatic amines is 1. The van der Waals surface area contributed by atoms with E-state index in [1.807, 2.05) is 0 Å². The number of nitrogens with zero attached hydrogens (tertiary/aromatic N) is 6. The molecule has 2 aliphatic rings. The number of rotatable bonds is 3. The quantitative estimate of drug-likeness (QED) is 0.729. The monoisotopic (exact) mass is 315 g/mol. The number of hydrogen-bond acceptors (Lipinski definition) is 8. The molecule has 2 aromatic heterocycles. The van der Waals surface area contributed by atoms with Crippen molar-refractivity contribution in [3.05, 3.63) is 17.6 Å². The summed E-state index contributed by atoms with van der Waals surface area (Å²) in [7, 11) is 0. The molecule has 9 heteroatoms. The van der Waals surface area contributed by atoms with Crippen molar-refractivity contribution in [3.63, 3.8) is 0 Å². The Balaban J connectivity index is 1.46. The maximum atomic E-state index is 5.91. The standard InChI is InChI=1S/C14H21N9/c15-10-5-9(6-10)11-7-12(18-14(16)17-11)23-3-1-8(2-4-23)13-19-21-22-20-13/h7-10H,1-6,15H2,(H2,16,17,18)(H,19,20,21,22). The summed E-state index contributed by atoms with van der Waals surface area (Å²) in [6, 6.07) is 2.37. The molecule has 0 amide bonds. The van der Waals surface area contributed by atoms with Crippen molar-refractivity contribution < 1.29 is 0 Å². The molecule has 0 aromatic carbocycles. The second kappa shape index (κ2) is 5.73. The van der Waals surface area contributed by atoms with Gasteiger partial charge in [0, 0.05) is 37.0 Å². The molecule has 0 spiro atoms. The zero-order valence-corrected chi connectivity index (χ0v) is 12.9. The predicted octanol–water partition coefficient (Wildman–Crippen LogP) is 0.161. The number of aromatic nitrogens is 6. The van der Waals surface area contributed by atoms with Crippen LogP contribution in [0.25, 0.3) is 0 Å². The van der Waals surface area contributed by atoms with Crippen molar-refractivity contribution in [2.24, 2.45) is 5.73 Å². The SMILES string of the molecule is Nc1nc(C2CC(N)C2)cc(N2CCC(c3nn[nH]n3)CC2)n1. The number of nitrogens with one attached hydrogen (secondary N) is 1. The predicted molar refractivity (Wildman–Crippen MR) is 84.8 cm³/mol. The summed E-state index contributed by atoms with van der Waals surface area (Å²) in [5.74, 6) is 2.84. The van der Waals surface area contributed by atoms with Crippen LogP contribution < -0.4 is 16.4 Å². The Morgan fingerprint density at radius 2 is 1.91 bits per heavy atom. The van der Waals surface area contributed by atoms with Crippen LogP contribution in [-0.2, 0) is 0 Å². The van der Waals surface area contributed by atoms with Crippen molar-refractivity contribution in [3.8, 4) is 0 Å². The molecule has 2 aromatic rings. The fourth-order valence-electron chi connectivity index (χ4n) is 3.46. The Morgan fingerprint density at radius 3 is 2.57 bits per heavy atom. The fourth-order valence-corrected chi connectivity index (χ4v) is 3.46. The summed E-state index contributed by atoms with van der Waals surface area (Å²) < 4.78 is 0. The van der Waals surface area contributed by atoms with Crippen LogP contribution in [0.1, 0.15) is 49.0 Å². The van der Waals surface area contributed by atoms with Crippen LogP contribution >= 0.6 is 0 Å². The van der Waals surface area contributed by atoms with E-state index in [1.54, 1.807) is 0 Å². The summed E-state index contributed by atoms with van der Waals surface area (Å²) in [4.78, 5) is 11.1. The molecule has 4 rings (SSSR count). The van der Waals surface area contributed by atoms with Gasteiger partial charge in [-0.3, -0.25) is 0 Å². The van der Waals surface area contributed by atoms with Gasteiger partial charge in [0.15, 0.2) is 5.82 Å². The van der Waals surface area contributed by atoms with Gasteiger partial charge in [-0.25, -0.2) is 4.98 Å². The summed E-state index contributed by atoms with van der Waals surface area (Å²) in [5.41, 5.74) is 12.8. The highest BCUT2D eigenvalue weighted by molar-refractivity contribution is 5.45. The summed E-state index contributed by atoms with van der Waals surface area (Å²) in [6.07, 6.45) is 3.92. The average molecular weight is 315 g/mol. The van der Waals surface area contributed by atoms with E-state index >= 15 is 0 Å². The highest BCUT2D eigenvalue weighted by atomic mass is 15.5. The third-order valence-electron chi connectivity index (χ3n) is 4.89. The normalized spacial score (nSPS) is 25.3. The Bertz CT molecular complexity index is 657. The van der Waals surface area contributed by atoms with E-state index in [2.05, 4.69) is 41.6 Å². The topological polar surface area (TPSA) is 136 Å². The highest BCUT2D eigenvalue weighted by Gasteiger charge is 2.30. The minimum absolute atomic E-state index is 0.297. The first kappa shape index (κ1) is 14.3. The Labute approximate surface area is 133 Å². The lowest BCUT2D eigenvalue weighted by atomic mass is 9.78. The van der Waals surface area contributed by atoms with Crippen LogP contribution in [0.4, 0.5) is 11.8 Å². The fraction of sp³-hybridized carbons (Fsp3) is 0.643. The number of H-pyrrole nitrogens is 1. The van der Waals surface area contributed by atoms with Gasteiger partial charge in [0.2, 0.25) is 5.95 Å². The minimum Gasteiger partial charge on any atom is -0.368 e. The van der Waals surface area contributed by atoms with E-state index in [-0.39, 0.29) is 0 Å². The Morgan fingerprint density at radius 1 is 1.13 bits per heavy atom. The molecule has 23 heavy (non-hydrogen) atoms. The Hall–Kier alpha value is -2.29. The molecular weight excluding hydrogens is 294 g/mol. The molecule has 0 bridgehead atoms. The van der Waals surface area contributed by atoms with Crippen LogP contribution in [0.3, 0.4) is 0 Å². The van der Waals surface area contributed by atoms with Crippen LogP contribution in [0.15, 0.2) is 6.07 Å². The van der Waals surface area contributed by atoms with E-state index in [1.165, 1.54) is 0 Å². The van der Waals surface area contributed by atoms with Crippen LogP contribution in [-0.4, -0.2) is 49.7 Å². The minimum atomic E-state index is 0.297. The molecule has 122 valence electrons. The molecule has 2 fully saturated rings.